The molecular formula is C24H26ClN3OS. The van der Waals surface area contributed by atoms with Crippen molar-refractivity contribution in [3.05, 3.63) is 65.7 Å². The standard InChI is InChI=1S/C24H26ClN3OS/c1-24(2,3)23-13-17(8-9-27-23)18-12-19(16-26-15-18)21-7-6-20(14-22(21)25)28-10-4-5-11-30(28)29/h6-9,12-16H,4-5,10-11H2,1-3H3. The zero-order valence-electron chi connectivity index (χ0n) is 17.6. The molecule has 0 amide bonds. The second-order valence-electron chi connectivity index (χ2n) is 8.64. The van der Waals surface area contributed by atoms with Crippen LogP contribution in [-0.4, -0.2) is 26.8 Å². The zero-order chi connectivity index (χ0) is 21.3. The fraction of sp³-hybridized carbons (Fsp3) is 0.333. The summed E-state index contributed by atoms with van der Waals surface area (Å²) in [5.74, 6) is 0.716. The molecule has 3 aromatic rings. The molecule has 1 aromatic carbocycles. The van der Waals surface area contributed by atoms with E-state index in [2.05, 4.69) is 42.9 Å². The number of benzene rings is 1. The molecule has 1 unspecified atom stereocenters. The monoisotopic (exact) mass is 439 g/mol. The quantitative estimate of drug-likeness (QED) is 0.468. The van der Waals surface area contributed by atoms with E-state index in [9.17, 15) is 4.55 Å². The fourth-order valence-electron chi connectivity index (χ4n) is 3.60. The molecule has 6 heteroatoms. The van der Waals surface area contributed by atoms with Gasteiger partial charge in [-0.1, -0.05) is 38.4 Å². The average molecular weight is 440 g/mol. The molecule has 4 rings (SSSR count). The van der Waals surface area contributed by atoms with Gasteiger partial charge in [0.25, 0.3) is 0 Å². The van der Waals surface area contributed by atoms with Gasteiger partial charge in [0.2, 0.25) is 0 Å². The molecule has 0 spiro atoms. The highest BCUT2D eigenvalue weighted by Gasteiger charge is 2.25. The van der Waals surface area contributed by atoms with Crippen LogP contribution in [-0.2, 0) is 16.8 Å². The number of aromatic nitrogens is 2. The lowest BCUT2D eigenvalue weighted by Gasteiger charge is -2.30. The summed E-state index contributed by atoms with van der Waals surface area (Å²) in [7, 11) is 0. The molecule has 1 aliphatic heterocycles. The van der Waals surface area contributed by atoms with Gasteiger partial charge >= 0.3 is 0 Å². The third-order valence-corrected chi connectivity index (χ3v) is 7.16. The number of hydrogen-bond donors (Lipinski definition) is 0. The molecular weight excluding hydrogens is 414 g/mol. The predicted molar refractivity (Wildman–Crippen MR) is 126 cm³/mol. The Morgan fingerprint density at radius 1 is 1.00 bits per heavy atom. The maximum absolute atomic E-state index is 12.3. The van der Waals surface area contributed by atoms with E-state index in [0.29, 0.717) is 10.8 Å². The number of rotatable bonds is 3. The van der Waals surface area contributed by atoms with Gasteiger partial charge in [-0.3, -0.25) is 9.97 Å². The van der Waals surface area contributed by atoms with E-state index < -0.39 is 11.4 Å². The molecule has 0 bridgehead atoms. The maximum Gasteiger partial charge on any atom is 0.131 e. The van der Waals surface area contributed by atoms with E-state index in [1.54, 1.807) is 0 Å². The molecule has 1 saturated heterocycles. The minimum Gasteiger partial charge on any atom is -0.593 e. The van der Waals surface area contributed by atoms with Crippen molar-refractivity contribution >= 4 is 28.7 Å². The molecule has 3 heterocycles. The summed E-state index contributed by atoms with van der Waals surface area (Å²) in [5, 5.41) is 0.638. The van der Waals surface area contributed by atoms with Crippen molar-refractivity contribution in [1.82, 2.24) is 9.97 Å². The lowest BCUT2D eigenvalue weighted by atomic mass is 9.90. The summed E-state index contributed by atoms with van der Waals surface area (Å²) < 4.78 is 14.3. The molecule has 4 nitrogen and oxygen atoms in total. The molecule has 0 saturated carbocycles. The van der Waals surface area contributed by atoms with Crippen LogP contribution in [0.4, 0.5) is 5.69 Å². The van der Waals surface area contributed by atoms with Gasteiger partial charge in [0.05, 0.1) is 28.6 Å². The lowest BCUT2D eigenvalue weighted by Crippen LogP contribution is -2.37. The Labute approximate surface area is 186 Å². The van der Waals surface area contributed by atoms with Crippen LogP contribution in [0.5, 0.6) is 0 Å². The van der Waals surface area contributed by atoms with Gasteiger partial charge in [0.15, 0.2) is 0 Å². The Kier molecular flexibility index (Phi) is 6.05. The third-order valence-electron chi connectivity index (χ3n) is 5.33. The summed E-state index contributed by atoms with van der Waals surface area (Å²) in [6.07, 6.45) is 7.61. The fourth-order valence-corrected chi connectivity index (χ4v) is 5.24. The second-order valence-corrected chi connectivity index (χ2v) is 10.5. The second kappa shape index (κ2) is 8.58. The number of hydrogen-bond acceptors (Lipinski definition) is 4. The van der Waals surface area contributed by atoms with Crippen molar-refractivity contribution in [1.29, 1.82) is 0 Å². The summed E-state index contributed by atoms with van der Waals surface area (Å²) in [6.45, 7) is 7.27. The number of anilines is 1. The third kappa shape index (κ3) is 4.48. The van der Waals surface area contributed by atoms with Crippen LogP contribution in [0.2, 0.25) is 5.02 Å². The SMILES string of the molecule is CC(C)(C)c1cc(-c2cncc(-c3ccc(N4CCCC[S+]4[O-])cc3Cl)c2)ccn1. The van der Waals surface area contributed by atoms with Crippen LogP contribution in [0.15, 0.2) is 55.0 Å². The van der Waals surface area contributed by atoms with Crippen LogP contribution in [0.25, 0.3) is 22.3 Å². The summed E-state index contributed by atoms with van der Waals surface area (Å²) >= 11 is 5.68. The molecule has 2 aromatic heterocycles. The predicted octanol–water partition coefficient (Wildman–Crippen LogP) is 6.03. The molecule has 156 valence electrons. The topological polar surface area (TPSA) is 52.1 Å². The maximum atomic E-state index is 12.3. The number of pyridine rings is 2. The van der Waals surface area contributed by atoms with Gasteiger partial charge in [-0.25, -0.2) is 0 Å². The first-order chi connectivity index (χ1) is 14.3. The van der Waals surface area contributed by atoms with E-state index >= 15 is 0 Å². The van der Waals surface area contributed by atoms with Crippen molar-refractivity contribution in [2.45, 2.75) is 39.0 Å². The van der Waals surface area contributed by atoms with Crippen molar-refractivity contribution < 1.29 is 4.55 Å². The van der Waals surface area contributed by atoms with E-state index in [-0.39, 0.29) is 5.41 Å². The first kappa shape index (κ1) is 21.2. The van der Waals surface area contributed by atoms with Crippen LogP contribution < -0.4 is 4.31 Å². The highest BCUT2D eigenvalue weighted by atomic mass is 35.5. The van der Waals surface area contributed by atoms with Gasteiger partial charge in [-0.15, -0.1) is 0 Å². The molecule has 0 N–H and O–H groups in total. The zero-order valence-corrected chi connectivity index (χ0v) is 19.1. The smallest absolute Gasteiger partial charge is 0.131 e. The van der Waals surface area contributed by atoms with Crippen molar-refractivity contribution in [2.75, 3.05) is 16.6 Å². The summed E-state index contributed by atoms with van der Waals surface area (Å²) in [5.41, 5.74) is 5.92. The van der Waals surface area contributed by atoms with Gasteiger partial charge in [0.1, 0.15) is 5.75 Å². The lowest BCUT2D eigenvalue weighted by molar-refractivity contribution is 0.569. The molecule has 1 aliphatic rings. The van der Waals surface area contributed by atoms with Crippen LogP contribution in [0, 0.1) is 0 Å². The molecule has 1 atom stereocenters. The van der Waals surface area contributed by atoms with Gasteiger partial charge in [-0.2, -0.15) is 4.31 Å². The minimum absolute atomic E-state index is 0.0191. The Hall–Kier alpha value is -2.08. The van der Waals surface area contributed by atoms with Crippen molar-refractivity contribution in [3.8, 4) is 22.3 Å². The van der Waals surface area contributed by atoms with Crippen LogP contribution in [0.3, 0.4) is 0 Å². The van der Waals surface area contributed by atoms with E-state index in [1.165, 1.54) is 0 Å². The number of halogens is 1. The average Bonchev–Trinajstić information content (AvgIpc) is 2.73. The Bertz CT molecular complexity index is 1050. The Morgan fingerprint density at radius 2 is 1.80 bits per heavy atom. The molecule has 0 radical (unpaired) electrons. The minimum atomic E-state index is -0.970. The highest BCUT2D eigenvalue weighted by molar-refractivity contribution is 7.92. The van der Waals surface area contributed by atoms with Crippen molar-refractivity contribution in [3.63, 3.8) is 0 Å². The van der Waals surface area contributed by atoms with Gasteiger partial charge in [0, 0.05) is 46.4 Å². The van der Waals surface area contributed by atoms with Gasteiger partial charge in [-0.05, 0) is 48.7 Å². The number of nitrogens with zero attached hydrogens (tertiary/aromatic N) is 3. The van der Waals surface area contributed by atoms with E-state index in [4.69, 9.17) is 11.6 Å². The Balaban J connectivity index is 1.66. The first-order valence-corrected chi connectivity index (χ1v) is 11.9. The summed E-state index contributed by atoms with van der Waals surface area (Å²) in [4.78, 5) is 8.98. The van der Waals surface area contributed by atoms with Crippen LogP contribution >= 0.6 is 11.6 Å². The molecule has 0 aliphatic carbocycles. The molecule has 30 heavy (non-hydrogen) atoms. The largest absolute Gasteiger partial charge is 0.593 e. The van der Waals surface area contributed by atoms with Crippen LogP contribution in [0.1, 0.15) is 39.3 Å². The van der Waals surface area contributed by atoms with E-state index in [1.807, 2.05) is 47.2 Å². The van der Waals surface area contributed by atoms with E-state index in [0.717, 1.165) is 53.0 Å². The normalized spacial score (nSPS) is 17.2. The molecule has 1 fully saturated rings. The van der Waals surface area contributed by atoms with Crippen molar-refractivity contribution in [2.24, 2.45) is 0 Å². The Morgan fingerprint density at radius 3 is 2.53 bits per heavy atom. The first-order valence-electron chi connectivity index (χ1n) is 10.2. The summed E-state index contributed by atoms with van der Waals surface area (Å²) in [6, 6.07) is 12.1. The van der Waals surface area contributed by atoms with Gasteiger partial charge < -0.3 is 4.55 Å². The highest BCUT2D eigenvalue weighted by Crippen LogP contribution is 2.35.